The average molecular weight is 505 g/mol. The van der Waals surface area contributed by atoms with Crippen LogP contribution in [0.5, 0.6) is 28.7 Å². The molecule has 2 atom stereocenters. The molecule has 0 spiro atoms. The van der Waals surface area contributed by atoms with Crippen molar-refractivity contribution in [3.8, 4) is 28.7 Å². The number of urea groups is 1. The SMILES string of the molecule is CCNC(=O)N1CCc2c(Cl)c3c(c(OC)c2[C@@H]1[C@H]1OC(=O)c2c1ccc(OC)c2OC)OCO3. The van der Waals surface area contributed by atoms with Crippen LogP contribution in [-0.4, -0.2) is 58.1 Å². The molecule has 2 amide bonds. The van der Waals surface area contributed by atoms with E-state index in [1.165, 1.54) is 21.3 Å². The van der Waals surface area contributed by atoms with Crippen molar-refractivity contribution in [2.45, 2.75) is 25.5 Å². The van der Waals surface area contributed by atoms with Gasteiger partial charge in [0.25, 0.3) is 0 Å². The predicted molar refractivity (Wildman–Crippen MR) is 124 cm³/mol. The summed E-state index contributed by atoms with van der Waals surface area (Å²) in [5.41, 5.74) is 2.18. The van der Waals surface area contributed by atoms with E-state index in [1.807, 2.05) is 6.92 Å². The summed E-state index contributed by atoms with van der Waals surface area (Å²) in [6.45, 7) is 2.60. The Morgan fingerprint density at radius 3 is 2.57 bits per heavy atom. The molecule has 0 bridgehead atoms. The Morgan fingerprint density at radius 2 is 1.89 bits per heavy atom. The number of hydrogen-bond donors (Lipinski definition) is 1. The van der Waals surface area contributed by atoms with Gasteiger partial charge in [0.15, 0.2) is 29.1 Å². The summed E-state index contributed by atoms with van der Waals surface area (Å²) in [6, 6.07) is 2.40. The molecule has 3 aliphatic heterocycles. The zero-order valence-corrected chi connectivity index (χ0v) is 20.5. The lowest BCUT2D eigenvalue weighted by Gasteiger charge is -2.40. The topological polar surface area (TPSA) is 105 Å². The molecule has 3 heterocycles. The second-order valence-corrected chi connectivity index (χ2v) is 8.50. The predicted octanol–water partition coefficient (Wildman–Crippen LogP) is 3.63. The van der Waals surface area contributed by atoms with E-state index in [0.717, 1.165) is 5.56 Å². The maximum atomic E-state index is 13.2. The largest absolute Gasteiger partial charge is 0.493 e. The molecule has 0 saturated carbocycles. The molecular weight excluding hydrogens is 480 g/mol. The number of fused-ring (bicyclic) bond motifs is 3. The number of ether oxygens (including phenoxy) is 6. The number of esters is 1. The van der Waals surface area contributed by atoms with Crippen LogP contribution >= 0.6 is 11.6 Å². The number of cyclic esters (lactones) is 1. The van der Waals surface area contributed by atoms with E-state index in [9.17, 15) is 9.59 Å². The number of carbonyl (C=O) groups is 2. The van der Waals surface area contributed by atoms with E-state index in [0.29, 0.717) is 58.7 Å². The lowest BCUT2D eigenvalue weighted by molar-refractivity contribution is 0.0111. The molecule has 0 unspecified atom stereocenters. The highest BCUT2D eigenvalue weighted by atomic mass is 35.5. The lowest BCUT2D eigenvalue weighted by atomic mass is 9.85. The number of halogens is 1. The normalized spacial score (nSPS) is 19.6. The first-order valence-corrected chi connectivity index (χ1v) is 11.5. The monoisotopic (exact) mass is 504 g/mol. The second kappa shape index (κ2) is 8.92. The van der Waals surface area contributed by atoms with Crippen LogP contribution in [0.3, 0.4) is 0 Å². The minimum Gasteiger partial charge on any atom is -0.493 e. The van der Waals surface area contributed by atoms with Gasteiger partial charge in [0, 0.05) is 24.2 Å². The lowest BCUT2D eigenvalue weighted by Crippen LogP contribution is -2.47. The van der Waals surface area contributed by atoms with Crippen LogP contribution in [0.25, 0.3) is 0 Å². The quantitative estimate of drug-likeness (QED) is 0.615. The van der Waals surface area contributed by atoms with Gasteiger partial charge >= 0.3 is 12.0 Å². The molecule has 0 aromatic heterocycles. The molecule has 35 heavy (non-hydrogen) atoms. The van der Waals surface area contributed by atoms with Gasteiger partial charge in [0.05, 0.1) is 26.4 Å². The Labute approximate surface area is 206 Å². The molecular formula is C24H25ClN2O8. The third-order valence-corrected chi connectivity index (χ3v) is 6.89. The summed E-state index contributed by atoms with van der Waals surface area (Å²) in [5, 5.41) is 3.25. The first-order chi connectivity index (χ1) is 17.0. The summed E-state index contributed by atoms with van der Waals surface area (Å²) in [6.07, 6.45) is -0.404. The molecule has 2 aromatic carbocycles. The van der Waals surface area contributed by atoms with E-state index < -0.39 is 18.1 Å². The highest BCUT2D eigenvalue weighted by Crippen LogP contribution is 2.58. The smallest absolute Gasteiger partial charge is 0.343 e. The Balaban J connectivity index is 1.74. The zero-order chi connectivity index (χ0) is 24.9. The minimum absolute atomic E-state index is 0.00273. The van der Waals surface area contributed by atoms with Crippen molar-refractivity contribution in [3.05, 3.63) is 39.4 Å². The highest BCUT2D eigenvalue weighted by molar-refractivity contribution is 6.33. The van der Waals surface area contributed by atoms with Crippen molar-refractivity contribution in [2.24, 2.45) is 0 Å². The molecule has 0 aliphatic carbocycles. The van der Waals surface area contributed by atoms with Gasteiger partial charge in [0.1, 0.15) is 11.6 Å². The molecule has 3 aliphatic rings. The van der Waals surface area contributed by atoms with Crippen molar-refractivity contribution in [1.29, 1.82) is 0 Å². The van der Waals surface area contributed by atoms with Gasteiger partial charge in [-0.05, 0) is 25.0 Å². The molecule has 2 aromatic rings. The molecule has 186 valence electrons. The van der Waals surface area contributed by atoms with Crippen molar-refractivity contribution in [1.82, 2.24) is 10.2 Å². The van der Waals surface area contributed by atoms with Crippen LogP contribution in [0.2, 0.25) is 5.02 Å². The highest BCUT2D eigenvalue weighted by Gasteiger charge is 2.49. The number of nitrogens with zero attached hydrogens (tertiary/aromatic N) is 1. The Kier molecular flexibility index (Phi) is 5.92. The summed E-state index contributed by atoms with van der Waals surface area (Å²) in [5.74, 6) is 1.25. The van der Waals surface area contributed by atoms with Crippen LogP contribution in [0, 0.1) is 0 Å². The fourth-order valence-corrected chi connectivity index (χ4v) is 5.41. The van der Waals surface area contributed by atoms with Gasteiger partial charge in [-0.3, -0.25) is 0 Å². The summed E-state index contributed by atoms with van der Waals surface area (Å²) < 4.78 is 33.8. The van der Waals surface area contributed by atoms with Gasteiger partial charge in [-0.15, -0.1) is 0 Å². The molecule has 0 saturated heterocycles. The fourth-order valence-electron chi connectivity index (χ4n) is 5.07. The van der Waals surface area contributed by atoms with Crippen molar-refractivity contribution >= 4 is 23.6 Å². The maximum absolute atomic E-state index is 13.2. The van der Waals surface area contributed by atoms with Crippen LogP contribution in [-0.2, 0) is 11.2 Å². The summed E-state index contributed by atoms with van der Waals surface area (Å²) in [7, 11) is 4.46. The number of benzene rings is 2. The molecule has 1 N–H and O–H groups in total. The number of amides is 2. The van der Waals surface area contributed by atoms with Gasteiger partial charge in [0.2, 0.25) is 12.5 Å². The Bertz CT molecular complexity index is 1220. The van der Waals surface area contributed by atoms with E-state index in [-0.39, 0.29) is 24.1 Å². The van der Waals surface area contributed by atoms with Crippen LogP contribution in [0.15, 0.2) is 12.1 Å². The third kappa shape index (κ3) is 3.38. The summed E-state index contributed by atoms with van der Waals surface area (Å²) >= 11 is 6.75. The Hall–Kier alpha value is -3.53. The standard InChI is InChI=1S/C24H25ClN2O8/c1-5-26-24(29)27-9-8-11-14(20(32-4)22-21(16(11)25)33-10-34-22)17(27)18-12-6-7-13(30-2)19(31-3)15(12)23(28)35-18/h6-7,17-18H,5,8-10H2,1-4H3,(H,26,29)/t17-,18+/m1/s1. The van der Waals surface area contributed by atoms with E-state index >= 15 is 0 Å². The minimum atomic E-state index is -0.857. The van der Waals surface area contributed by atoms with E-state index in [2.05, 4.69) is 5.32 Å². The molecule has 0 radical (unpaired) electrons. The van der Waals surface area contributed by atoms with Crippen LogP contribution in [0.1, 0.15) is 46.1 Å². The first-order valence-electron chi connectivity index (χ1n) is 11.1. The third-order valence-electron chi connectivity index (χ3n) is 6.49. The van der Waals surface area contributed by atoms with Gasteiger partial charge in [-0.25, -0.2) is 9.59 Å². The van der Waals surface area contributed by atoms with Crippen molar-refractivity contribution in [3.63, 3.8) is 0 Å². The number of carbonyl (C=O) groups excluding carboxylic acids is 2. The Morgan fingerprint density at radius 1 is 1.14 bits per heavy atom. The van der Waals surface area contributed by atoms with Gasteiger partial charge in [-0.1, -0.05) is 17.7 Å². The van der Waals surface area contributed by atoms with Gasteiger partial charge < -0.3 is 38.6 Å². The van der Waals surface area contributed by atoms with E-state index in [1.54, 1.807) is 17.0 Å². The first kappa shape index (κ1) is 23.2. The number of hydrogen-bond acceptors (Lipinski definition) is 8. The molecule has 0 fully saturated rings. The average Bonchev–Trinajstić information content (AvgIpc) is 3.48. The van der Waals surface area contributed by atoms with E-state index in [4.69, 9.17) is 40.0 Å². The molecule has 10 nitrogen and oxygen atoms in total. The number of methoxy groups -OCH3 is 3. The van der Waals surface area contributed by atoms with Crippen molar-refractivity contribution < 1.29 is 38.0 Å². The van der Waals surface area contributed by atoms with Crippen molar-refractivity contribution in [2.75, 3.05) is 41.2 Å². The van der Waals surface area contributed by atoms with Gasteiger partial charge in [-0.2, -0.15) is 0 Å². The fraction of sp³-hybridized carbons (Fsp3) is 0.417. The summed E-state index contributed by atoms with van der Waals surface area (Å²) in [4.78, 5) is 28.0. The molecule has 11 heteroatoms. The van der Waals surface area contributed by atoms with Crippen LogP contribution in [0.4, 0.5) is 4.79 Å². The second-order valence-electron chi connectivity index (χ2n) is 8.12. The maximum Gasteiger partial charge on any atom is 0.343 e. The van der Waals surface area contributed by atoms with Crippen LogP contribution < -0.4 is 29.0 Å². The zero-order valence-electron chi connectivity index (χ0n) is 19.7. The molecule has 5 rings (SSSR count). The number of rotatable bonds is 5. The number of nitrogens with one attached hydrogen (secondary N) is 1.